The number of hydrogen-bond acceptors (Lipinski definition) is 5. The first-order chi connectivity index (χ1) is 38.2. The molecular weight excluding hydrogens is 943 g/mol. The molecule has 16 rings (SSSR count). The fraction of sp³-hybridized carbons (Fsp3) is 0.0147. The average molecular weight is 986 g/mol. The van der Waals surface area contributed by atoms with Crippen molar-refractivity contribution in [1.82, 2.24) is 43.2 Å². The number of para-hydroxylation sites is 4. The van der Waals surface area contributed by atoms with Crippen LogP contribution in [0.1, 0.15) is 17.7 Å². The van der Waals surface area contributed by atoms with E-state index in [2.05, 4.69) is 237 Å². The average Bonchev–Trinajstić information content (AvgIpc) is 4.29. The van der Waals surface area contributed by atoms with Crippen LogP contribution in [0.2, 0.25) is 0 Å². The van der Waals surface area contributed by atoms with Crippen molar-refractivity contribution in [1.29, 1.82) is 0 Å². The van der Waals surface area contributed by atoms with Crippen LogP contribution in [0.3, 0.4) is 0 Å². The number of hydrogen-bond donors (Lipinski definition) is 0. The maximum atomic E-state index is 5.74. The molecule has 0 aliphatic heterocycles. The van der Waals surface area contributed by atoms with Gasteiger partial charge in [0.2, 0.25) is 17.8 Å². The Kier molecular flexibility index (Phi) is 9.49. The lowest BCUT2D eigenvalue weighted by Crippen LogP contribution is -2.11. The molecule has 0 fully saturated rings. The molecule has 360 valence electrons. The van der Waals surface area contributed by atoms with Gasteiger partial charge in [-0.2, -0.15) is 15.0 Å². The standard InChI is InChI=1S/C68H43N9/c1-6-22-43(23-7-1)54-42-55(44-24-8-2-9-25-44)70-66(69-54)75-59-37-21-18-33-53(59)61-60(75)41-40-50-47-30-14-5-15-34-57(47)76(62(50)61)67-71-65(45-26-10-3-11-27-45)72-68(73-67)77-58-36-20-17-32-49(58)52-39-38-51-48-31-16-19-35-56(48)74(63(51)64(52)77)46-28-12-4-13-29-46/h1-4,6-42H,5H2. The van der Waals surface area contributed by atoms with Gasteiger partial charge in [-0.05, 0) is 55.0 Å². The minimum atomic E-state index is 0.500. The minimum Gasteiger partial charge on any atom is -0.307 e. The first-order valence-corrected chi connectivity index (χ1v) is 26.0. The molecule has 0 bridgehead atoms. The van der Waals surface area contributed by atoms with Gasteiger partial charge in [0.15, 0.2) is 5.82 Å². The van der Waals surface area contributed by atoms with Gasteiger partial charge in [-0.15, -0.1) is 0 Å². The smallest absolute Gasteiger partial charge is 0.240 e. The summed E-state index contributed by atoms with van der Waals surface area (Å²) in [5, 5.41) is 7.70. The van der Waals surface area contributed by atoms with Gasteiger partial charge in [0.1, 0.15) is 0 Å². The van der Waals surface area contributed by atoms with Crippen LogP contribution in [-0.2, 0) is 0 Å². The normalized spacial score (nSPS) is 12.5. The van der Waals surface area contributed by atoms with E-state index in [1.807, 2.05) is 30.3 Å². The van der Waals surface area contributed by atoms with Crippen molar-refractivity contribution in [3.63, 3.8) is 0 Å². The highest BCUT2D eigenvalue weighted by atomic mass is 15.3. The molecule has 0 radical (unpaired) electrons. The maximum Gasteiger partial charge on any atom is 0.240 e. The Hall–Kier alpha value is -10.5. The van der Waals surface area contributed by atoms with Crippen molar-refractivity contribution in [2.45, 2.75) is 6.42 Å². The second kappa shape index (κ2) is 17.0. The number of allylic oxidation sites excluding steroid dienone is 2. The number of aromatic nitrogens is 9. The van der Waals surface area contributed by atoms with Crippen LogP contribution >= 0.6 is 0 Å². The first-order valence-electron chi connectivity index (χ1n) is 26.0. The Bertz CT molecular complexity index is 4870. The summed E-state index contributed by atoms with van der Waals surface area (Å²) in [5.41, 5.74) is 14.9. The van der Waals surface area contributed by atoms with Crippen LogP contribution in [0.15, 0.2) is 237 Å². The van der Waals surface area contributed by atoms with Crippen LogP contribution in [0, 0.1) is 0 Å². The third-order valence-electron chi connectivity index (χ3n) is 15.3. The van der Waals surface area contributed by atoms with Crippen molar-refractivity contribution in [2.24, 2.45) is 0 Å². The summed E-state index contributed by atoms with van der Waals surface area (Å²) in [6.45, 7) is 0. The van der Waals surface area contributed by atoms with E-state index in [1.54, 1.807) is 0 Å². The first kappa shape index (κ1) is 42.9. The predicted molar refractivity (Wildman–Crippen MR) is 314 cm³/mol. The summed E-state index contributed by atoms with van der Waals surface area (Å²) in [6.07, 6.45) is 9.73. The molecular formula is C68H43N9. The van der Waals surface area contributed by atoms with Crippen molar-refractivity contribution in [3.05, 3.63) is 248 Å². The molecule has 15 aromatic rings. The van der Waals surface area contributed by atoms with E-state index in [9.17, 15) is 0 Å². The third kappa shape index (κ3) is 6.57. The number of fused-ring (bicyclic) bond motifs is 14. The highest BCUT2D eigenvalue weighted by Gasteiger charge is 2.28. The third-order valence-corrected chi connectivity index (χ3v) is 15.3. The van der Waals surface area contributed by atoms with E-state index in [0.717, 1.165) is 122 Å². The fourth-order valence-electron chi connectivity index (χ4n) is 11.9. The molecule has 1 aliphatic carbocycles. The Morgan fingerprint density at radius 3 is 1.43 bits per heavy atom. The summed E-state index contributed by atoms with van der Waals surface area (Å²) < 4.78 is 9.16. The molecule has 0 unspecified atom stereocenters. The SMILES string of the molecule is C1=Cc2c(n(-c3nc(-c4ccccc4)nc(-n4c5ccccc5c5ccc6c7ccccc7n(-c7ccccc7)c6c54)n3)c3c2ccc2c3c3ccccc3n2-c2nc(-c3ccccc3)cc(-c3ccccc3)n2)C=CC1. The summed E-state index contributed by atoms with van der Waals surface area (Å²) in [6, 6.07) is 78.7. The number of benzene rings is 9. The van der Waals surface area contributed by atoms with E-state index in [0.29, 0.717) is 23.7 Å². The second-order valence-corrected chi connectivity index (χ2v) is 19.6. The van der Waals surface area contributed by atoms with Crippen molar-refractivity contribution < 1.29 is 0 Å². The molecule has 0 N–H and O–H groups in total. The zero-order valence-corrected chi connectivity index (χ0v) is 41.4. The molecule has 0 saturated heterocycles. The molecule has 9 nitrogen and oxygen atoms in total. The lowest BCUT2D eigenvalue weighted by atomic mass is 10.1. The van der Waals surface area contributed by atoms with Gasteiger partial charge in [-0.1, -0.05) is 200 Å². The van der Waals surface area contributed by atoms with Crippen LogP contribution in [0.5, 0.6) is 0 Å². The van der Waals surface area contributed by atoms with E-state index in [1.165, 1.54) is 5.39 Å². The molecule has 0 spiro atoms. The number of nitrogens with zero attached hydrogens (tertiary/aromatic N) is 9. The highest BCUT2D eigenvalue weighted by molar-refractivity contribution is 6.24. The zero-order chi connectivity index (χ0) is 50.6. The topological polar surface area (TPSA) is 84.2 Å². The monoisotopic (exact) mass is 985 g/mol. The summed E-state index contributed by atoms with van der Waals surface area (Å²) in [7, 11) is 0. The lowest BCUT2D eigenvalue weighted by Gasteiger charge is -2.15. The quantitative estimate of drug-likeness (QED) is 0.159. The van der Waals surface area contributed by atoms with E-state index < -0.39 is 0 Å². The van der Waals surface area contributed by atoms with Gasteiger partial charge < -0.3 is 4.57 Å². The van der Waals surface area contributed by atoms with E-state index >= 15 is 0 Å². The van der Waals surface area contributed by atoms with Gasteiger partial charge in [0.05, 0.1) is 55.7 Å². The van der Waals surface area contributed by atoms with E-state index in [-0.39, 0.29) is 0 Å². The van der Waals surface area contributed by atoms with Crippen LogP contribution < -0.4 is 0 Å². The Morgan fingerprint density at radius 1 is 0.312 bits per heavy atom. The minimum absolute atomic E-state index is 0.500. The van der Waals surface area contributed by atoms with Crippen molar-refractivity contribution >= 4 is 88.5 Å². The van der Waals surface area contributed by atoms with Crippen LogP contribution in [0.25, 0.3) is 146 Å². The molecule has 9 heteroatoms. The van der Waals surface area contributed by atoms with Gasteiger partial charge in [-0.3, -0.25) is 13.7 Å². The molecule has 0 atom stereocenters. The lowest BCUT2D eigenvalue weighted by molar-refractivity contribution is 0.878. The van der Waals surface area contributed by atoms with Gasteiger partial charge in [0, 0.05) is 65.6 Å². The van der Waals surface area contributed by atoms with Gasteiger partial charge >= 0.3 is 0 Å². The van der Waals surface area contributed by atoms with Crippen molar-refractivity contribution in [3.8, 4) is 57.4 Å². The predicted octanol–water partition coefficient (Wildman–Crippen LogP) is 16.3. The van der Waals surface area contributed by atoms with Crippen LogP contribution in [-0.4, -0.2) is 43.2 Å². The largest absolute Gasteiger partial charge is 0.307 e. The fourth-order valence-corrected chi connectivity index (χ4v) is 11.9. The molecule has 0 saturated carbocycles. The Morgan fingerprint density at radius 2 is 0.792 bits per heavy atom. The summed E-state index contributed by atoms with van der Waals surface area (Å²) in [4.78, 5) is 27.6. The maximum absolute atomic E-state index is 5.74. The van der Waals surface area contributed by atoms with Gasteiger partial charge in [-0.25, -0.2) is 9.97 Å². The second-order valence-electron chi connectivity index (χ2n) is 19.6. The molecule has 0 amide bonds. The Balaban J connectivity index is 1.03. The van der Waals surface area contributed by atoms with Crippen molar-refractivity contribution in [2.75, 3.05) is 0 Å². The molecule has 1 aliphatic rings. The van der Waals surface area contributed by atoms with Crippen LogP contribution in [0.4, 0.5) is 0 Å². The molecule has 9 aromatic carbocycles. The Labute approximate surface area is 441 Å². The number of rotatable bonds is 7. The summed E-state index contributed by atoms with van der Waals surface area (Å²) >= 11 is 0. The molecule has 6 aromatic heterocycles. The van der Waals surface area contributed by atoms with Gasteiger partial charge in [0.25, 0.3) is 0 Å². The summed E-state index contributed by atoms with van der Waals surface area (Å²) in [5.74, 6) is 2.15. The molecule has 77 heavy (non-hydrogen) atoms. The zero-order valence-electron chi connectivity index (χ0n) is 41.4. The highest BCUT2D eigenvalue weighted by Crippen LogP contribution is 2.44. The molecule has 6 heterocycles. The van der Waals surface area contributed by atoms with E-state index in [4.69, 9.17) is 24.9 Å².